The molecule has 1 heterocycles. The van der Waals surface area contributed by atoms with Crippen LogP contribution in [0.1, 0.15) is 23.2 Å². The molecule has 4 nitrogen and oxygen atoms in total. The molecule has 1 aromatic rings. The van der Waals surface area contributed by atoms with E-state index in [4.69, 9.17) is 16.7 Å². The van der Waals surface area contributed by atoms with Crippen molar-refractivity contribution in [3.63, 3.8) is 0 Å². The van der Waals surface area contributed by atoms with Crippen LogP contribution in [0.15, 0.2) is 18.3 Å². The number of pyridine rings is 1. The topological polar surface area (TPSA) is 67.3 Å². The molecule has 1 N–H and O–H groups in total. The molecule has 0 atom stereocenters. The van der Waals surface area contributed by atoms with Gasteiger partial charge in [-0.1, -0.05) is 11.6 Å². The summed E-state index contributed by atoms with van der Waals surface area (Å²) in [6, 6.07) is 2.93. The number of carbonyl (C=O) groups is 2. The summed E-state index contributed by atoms with van der Waals surface area (Å²) in [5.41, 5.74) is 0.395. The van der Waals surface area contributed by atoms with Gasteiger partial charge in [0.05, 0.1) is 6.42 Å². The molecule has 0 unspecified atom stereocenters. The number of rotatable bonds is 4. The summed E-state index contributed by atoms with van der Waals surface area (Å²) in [5, 5.41) is 8.60. The van der Waals surface area contributed by atoms with Crippen molar-refractivity contribution in [1.29, 1.82) is 0 Å². The molecule has 0 aromatic carbocycles. The third kappa shape index (κ3) is 3.14. The van der Waals surface area contributed by atoms with Crippen LogP contribution >= 0.6 is 11.6 Å². The summed E-state index contributed by atoms with van der Waals surface area (Å²) < 4.78 is 0. The summed E-state index contributed by atoms with van der Waals surface area (Å²) in [6.07, 6.45) is 1.23. The highest BCUT2D eigenvalue weighted by molar-refractivity contribution is 6.29. The van der Waals surface area contributed by atoms with Gasteiger partial charge in [0.2, 0.25) is 0 Å². The Kier molecular flexibility index (Phi) is 3.59. The molecule has 0 radical (unpaired) electrons. The van der Waals surface area contributed by atoms with Gasteiger partial charge in [0.15, 0.2) is 5.78 Å². The molecule has 0 fully saturated rings. The maximum atomic E-state index is 11.4. The largest absolute Gasteiger partial charge is 0.481 e. The number of carbonyl (C=O) groups excluding carboxylic acids is 1. The molecule has 1 rings (SSSR count). The molecule has 0 saturated carbocycles. The van der Waals surface area contributed by atoms with E-state index < -0.39 is 5.97 Å². The van der Waals surface area contributed by atoms with Crippen LogP contribution in [0.2, 0.25) is 5.15 Å². The summed E-state index contributed by atoms with van der Waals surface area (Å²) in [6.45, 7) is 0. The molecular weight excluding hydrogens is 206 g/mol. The maximum absolute atomic E-state index is 11.4. The van der Waals surface area contributed by atoms with E-state index in [1.54, 1.807) is 0 Å². The minimum Gasteiger partial charge on any atom is -0.481 e. The van der Waals surface area contributed by atoms with E-state index in [0.717, 1.165) is 0 Å². The summed E-state index contributed by atoms with van der Waals surface area (Å²) in [4.78, 5) is 25.3. The zero-order valence-electron chi connectivity index (χ0n) is 7.24. The van der Waals surface area contributed by atoms with Crippen LogP contribution in [-0.4, -0.2) is 21.8 Å². The number of ketones is 1. The second-order valence-corrected chi connectivity index (χ2v) is 3.07. The first kappa shape index (κ1) is 10.7. The fourth-order valence-electron chi connectivity index (χ4n) is 0.941. The average molecular weight is 214 g/mol. The quantitative estimate of drug-likeness (QED) is 0.612. The van der Waals surface area contributed by atoms with Crippen LogP contribution in [-0.2, 0) is 4.79 Å². The Hall–Kier alpha value is -1.42. The molecule has 74 valence electrons. The Morgan fingerprint density at radius 1 is 1.43 bits per heavy atom. The third-order valence-corrected chi connectivity index (χ3v) is 1.82. The van der Waals surface area contributed by atoms with Gasteiger partial charge in [0, 0.05) is 18.2 Å². The lowest BCUT2D eigenvalue weighted by Crippen LogP contribution is -2.03. The number of nitrogens with zero attached hydrogens (tertiary/aromatic N) is 1. The van der Waals surface area contributed by atoms with Crippen molar-refractivity contribution >= 4 is 23.4 Å². The minimum absolute atomic E-state index is 0.0182. The van der Waals surface area contributed by atoms with E-state index in [9.17, 15) is 9.59 Å². The Morgan fingerprint density at radius 3 is 2.71 bits per heavy atom. The second-order valence-electron chi connectivity index (χ2n) is 2.68. The molecule has 0 aliphatic heterocycles. The van der Waals surface area contributed by atoms with Gasteiger partial charge >= 0.3 is 5.97 Å². The molecular formula is C9H8ClNO3. The number of carboxylic acids is 1. The van der Waals surface area contributed by atoms with Crippen molar-refractivity contribution in [1.82, 2.24) is 4.98 Å². The fraction of sp³-hybridized carbons (Fsp3) is 0.222. The maximum Gasteiger partial charge on any atom is 0.303 e. The molecule has 14 heavy (non-hydrogen) atoms. The third-order valence-electron chi connectivity index (χ3n) is 1.61. The molecule has 5 heteroatoms. The number of carboxylic acid groups (broad SMARTS) is 1. The zero-order chi connectivity index (χ0) is 10.6. The zero-order valence-corrected chi connectivity index (χ0v) is 7.99. The van der Waals surface area contributed by atoms with Crippen LogP contribution in [0.25, 0.3) is 0 Å². The smallest absolute Gasteiger partial charge is 0.303 e. The molecule has 0 aliphatic rings. The highest BCUT2D eigenvalue weighted by Gasteiger charge is 2.08. The van der Waals surface area contributed by atoms with Gasteiger partial charge in [-0.25, -0.2) is 4.98 Å². The van der Waals surface area contributed by atoms with Gasteiger partial charge < -0.3 is 5.11 Å². The number of hydrogen-bond acceptors (Lipinski definition) is 3. The van der Waals surface area contributed by atoms with Crippen LogP contribution in [0.4, 0.5) is 0 Å². The van der Waals surface area contributed by atoms with Crippen molar-refractivity contribution in [3.05, 3.63) is 29.0 Å². The predicted octanol–water partition coefficient (Wildman–Crippen LogP) is 1.78. The highest BCUT2D eigenvalue weighted by atomic mass is 35.5. The number of aromatic nitrogens is 1. The summed E-state index contributed by atoms with van der Waals surface area (Å²) in [7, 11) is 0. The summed E-state index contributed by atoms with van der Waals surface area (Å²) in [5.74, 6) is -1.23. The first-order valence-electron chi connectivity index (χ1n) is 3.96. The second kappa shape index (κ2) is 4.72. The van der Waals surface area contributed by atoms with Gasteiger partial charge in [-0.3, -0.25) is 9.59 Å². The Balaban J connectivity index is 2.65. The normalized spacial score (nSPS) is 9.79. The lowest BCUT2D eigenvalue weighted by molar-refractivity contribution is -0.136. The molecule has 1 aromatic heterocycles. The fourth-order valence-corrected chi connectivity index (χ4v) is 1.11. The van der Waals surface area contributed by atoms with Gasteiger partial charge in [0.1, 0.15) is 5.15 Å². The van der Waals surface area contributed by atoms with Gasteiger partial charge in [-0.05, 0) is 12.1 Å². The van der Waals surface area contributed by atoms with Crippen LogP contribution in [0.5, 0.6) is 0 Å². The van der Waals surface area contributed by atoms with Crippen molar-refractivity contribution in [3.8, 4) is 0 Å². The molecule has 0 amide bonds. The average Bonchev–Trinajstić information content (AvgIpc) is 2.14. The first-order valence-corrected chi connectivity index (χ1v) is 4.34. The Morgan fingerprint density at radius 2 is 2.14 bits per heavy atom. The number of Topliss-reactive ketones (excluding diaryl/α,β-unsaturated/α-hetero) is 1. The van der Waals surface area contributed by atoms with Crippen LogP contribution < -0.4 is 0 Å². The molecule has 0 aliphatic carbocycles. The number of halogens is 1. The van der Waals surface area contributed by atoms with E-state index in [1.807, 2.05) is 0 Å². The predicted molar refractivity (Wildman–Crippen MR) is 50.4 cm³/mol. The monoisotopic (exact) mass is 213 g/mol. The summed E-state index contributed by atoms with van der Waals surface area (Å²) >= 11 is 5.57. The number of aliphatic carboxylic acids is 1. The van der Waals surface area contributed by atoms with Gasteiger partial charge in [-0.15, -0.1) is 0 Å². The van der Waals surface area contributed by atoms with E-state index in [2.05, 4.69) is 4.98 Å². The lowest BCUT2D eigenvalue weighted by Gasteiger charge is -1.98. The van der Waals surface area contributed by atoms with Crippen molar-refractivity contribution < 1.29 is 14.7 Å². The first-order chi connectivity index (χ1) is 6.59. The van der Waals surface area contributed by atoms with Crippen molar-refractivity contribution in [2.45, 2.75) is 12.8 Å². The molecule has 0 spiro atoms. The van der Waals surface area contributed by atoms with E-state index in [1.165, 1.54) is 18.3 Å². The molecule has 0 bridgehead atoms. The highest BCUT2D eigenvalue weighted by Crippen LogP contribution is 2.10. The Bertz CT molecular complexity index is 365. The van der Waals surface area contributed by atoms with Gasteiger partial charge in [0.25, 0.3) is 0 Å². The van der Waals surface area contributed by atoms with Crippen LogP contribution in [0.3, 0.4) is 0 Å². The Labute approximate surface area is 85.5 Å². The minimum atomic E-state index is -0.987. The van der Waals surface area contributed by atoms with Crippen molar-refractivity contribution in [2.75, 3.05) is 0 Å². The van der Waals surface area contributed by atoms with E-state index in [0.29, 0.717) is 5.56 Å². The SMILES string of the molecule is O=C(O)CCC(=O)c1ccnc(Cl)c1. The molecule has 0 saturated heterocycles. The standard InChI is InChI=1S/C9H8ClNO3/c10-8-5-6(3-4-11-8)7(12)1-2-9(13)14/h3-5H,1-2H2,(H,13,14). The van der Waals surface area contributed by atoms with Crippen molar-refractivity contribution in [2.24, 2.45) is 0 Å². The van der Waals surface area contributed by atoms with Gasteiger partial charge in [-0.2, -0.15) is 0 Å². The lowest BCUT2D eigenvalue weighted by atomic mass is 10.1. The number of hydrogen-bond donors (Lipinski definition) is 1. The van der Waals surface area contributed by atoms with E-state index >= 15 is 0 Å². The van der Waals surface area contributed by atoms with Crippen LogP contribution in [0, 0.1) is 0 Å². The van der Waals surface area contributed by atoms with E-state index in [-0.39, 0.29) is 23.8 Å².